The number of benzene rings is 2. The monoisotopic (exact) mass is 394 g/mol. The summed E-state index contributed by atoms with van der Waals surface area (Å²) < 4.78 is 89.2. The van der Waals surface area contributed by atoms with Crippen LogP contribution in [0, 0.1) is 11.6 Å². The molecule has 0 atom stereocenters. The molecule has 0 radical (unpaired) electrons. The van der Waals surface area contributed by atoms with Crippen LogP contribution >= 0.6 is 0 Å². The molecule has 0 aliphatic carbocycles. The standard InChI is InChI=1S/C15H11F5N2O3S/c16-11-6-5-9(7-12(11)17)26(24,25)22-13-4-2-1-3-10(13)14(23)21-8-15(18,19)20/h1-7,22H,8H2,(H,21,23). The molecule has 2 aromatic rings. The summed E-state index contributed by atoms with van der Waals surface area (Å²) in [6, 6.07) is 6.74. The zero-order valence-electron chi connectivity index (χ0n) is 12.8. The fraction of sp³-hybridized carbons (Fsp3) is 0.133. The van der Waals surface area contributed by atoms with Crippen LogP contribution in [0.1, 0.15) is 10.4 Å². The van der Waals surface area contributed by atoms with Crippen molar-refractivity contribution in [3.8, 4) is 0 Å². The van der Waals surface area contributed by atoms with Crippen LogP contribution < -0.4 is 10.0 Å². The molecule has 11 heteroatoms. The Morgan fingerprint density at radius 1 is 1.00 bits per heavy atom. The lowest BCUT2D eigenvalue weighted by molar-refractivity contribution is -0.123. The number of carbonyl (C=O) groups excluding carboxylic acids is 1. The Bertz CT molecular complexity index is 929. The lowest BCUT2D eigenvalue weighted by atomic mass is 10.1. The smallest absolute Gasteiger partial charge is 0.343 e. The van der Waals surface area contributed by atoms with Crippen LogP contribution in [0.3, 0.4) is 0 Å². The second kappa shape index (κ2) is 7.28. The molecule has 26 heavy (non-hydrogen) atoms. The van der Waals surface area contributed by atoms with Gasteiger partial charge in [0.25, 0.3) is 15.9 Å². The zero-order valence-corrected chi connectivity index (χ0v) is 13.6. The Morgan fingerprint density at radius 2 is 1.65 bits per heavy atom. The fourth-order valence-electron chi connectivity index (χ4n) is 1.89. The summed E-state index contributed by atoms with van der Waals surface area (Å²) >= 11 is 0. The molecule has 0 heterocycles. The van der Waals surface area contributed by atoms with Gasteiger partial charge in [0, 0.05) is 0 Å². The third-order valence-electron chi connectivity index (χ3n) is 3.07. The lowest BCUT2D eigenvalue weighted by Crippen LogP contribution is -2.34. The third-order valence-corrected chi connectivity index (χ3v) is 4.43. The molecule has 0 aliphatic rings. The second-order valence-corrected chi connectivity index (χ2v) is 6.71. The first-order valence-corrected chi connectivity index (χ1v) is 8.40. The van der Waals surface area contributed by atoms with Crippen molar-refractivity contribution in [1.82, 2.24) is 5.32 Å². The molecule has 5 nitrogen and oxygen atoms in total. The third kappa shape index (κ3) is 4.91. The molecule has 1 amide bonds. The minimum atomic E-state index is -4.64. The van der Waals surface area contributed by atoms with Crippen LogP contribution in [-0.4, -0.2) is 27.0 Å². The molecule has 2 rings (SSSR count). The maximum atomic E-state index is 13.2. The van der Waals surface area contributed by atoms with Crippen LogP contribution in [0.5, 0.6) is 0 Å². The Morgan fingerprint density at radius 3 is 2.27 bits per heavy atom. The van der Waals surface area contributed by atoms with E-state index < -0.39 is 45.2 Å². The average molecular weight is 394 g/mol. The highest BCUT2D eigenvalue weighted by Crippen LogP contribution is 2.22. The predicted molar refractivity (Wildman–Crippen MR) is 82.0 cm³/mol. The van der Waals surface area contributed by atoms with Crippen molar-refractivity contribution in [2.75, 3.05) is 11.3 Å². The van der Waals surface area contributed by atoms with E-state index in [0.29, 0.717) is 12.1 Å². The minimum absolute atomic E-state index is 0.322. The number of sulfonamides is 1. The van der Waals surface area contributed by atoms with Gasteiger partial charge in [-0.2, -0.15) is 13.2 Å². The molecule has 0 fully saturated rings. The van der Waals surface area contributed by atoms with Gasteiger partial charge in [0.2, 0.25) is 0 Å². The summed E-state index contributed by atoms with van der Waals surface area (Å²) in [5.41, 5.74) is -0.695. The Labute approximate surface area is 144 Å². The summed E-state index contributed by atoms with van der Waals surface area (Å²) in [6.45, 7) is -1.60. The number of alkyl halides is 3. The van der Waals surface area contributed by atoms with Gasteiger partial charge in [0.15, 0.2) is 11.6 Å². The molecular weight excluding hydrogens is 383 g/mol. The SMILES string of the molecule is O=C(NCC(F)(F)F)c1ccccc1NS(=O)(=O)c1ccc(F)c(F)c1. The predicted octanol–water partition coefficient (Wildman–Crippen LogP) is 3.06. The highest BCUT2D eigenvalue weighted by atomic mass is 32.2. The summed E-state index contributed by atoms with van der Waals surface area (Å²) in [4.78, 5) is 11.3. The molecule has 0 bridgehead atoms. The van der Waals surface area contributed by atoms with Gasteiger partial charge >= 0.3 is 6.18 Å². The van der Waals surface area contributed by atoms with E-state index >= 15 is 0 Å². The van der Waals surface area contributed by atoms with E-state index in [9.17, 15) is 35.2 Å². The molecule has 2 aromatic carbocycles. The summed E-state index contributed by atoms with van der Waals surface area (Å²) in [6.07, 6.45) is -4.64. The van der Waals surface area contributed by atoms with Crippen LogP contribution in [0.4, 0.5) is 27.6 Å². The lowest BCUT2D eigenvalue weighted by Gasteiger charge is -2.13. The van der Waals surface area contributed by atoms with E-state index in [4.69, 9.17) is 0 Å². The molecule has 0 aliphatic heterocycles. The first-order chi connectivity index (χ1) is 12.0. The van der Waals surface area contributed by atoms with E-state index in [0.717, 1.165) is 18.2 Å². The number of nitrogens with one attached hydrogen (secondary N) is 2. The van der Waals surface area contributed by atoms with Crippen molar-refractivity contribution in [3.63, 3.8) is 0 Å². The largest absolute Gasteiger partial charge is 0.405 e. The van der Waals surface area contributed by atoms with E-state index in [-0.39, 0.29) is 11.3 Å². The van der Waals surface area contributed by atoms with Gasteiger partial charge in [0.05, 0.1) is 16.1 Å². The Hall–Kier alpha value is -2.69. The summed E-state index contributed by atoms with van der Waals surface area (Å²) in [7, 11) is -4.41. The number of hydrogen-bond acceptors (Lipinski definition) is 3. The van der Waals surface area contributed by atoms with Crippen LogP contribution in [-0.2, 0) is 10.0 Å². The fourth-order valence-corrected chi connectivity index (χ4v) is 2.98. The number of halogens is 5. The number of carbonyl (C=O) groups is 1. The first kappa shape index (κ1) is 19.6. The van der Waals surface area contributed by atoms with E-state index in [1.807, 2.05) is 4.72 Å². The van der Waals surface area contributed by atoms with Crippen LogP contribution in [0.2, 0.25) is 0 Å². The normalized spacial score (nSPS) is 11.9. The molecule has 0 saturated heterocycles. The van der Waals surface area contributed by atoms with Gasteiger partial charge in [-0.05, 0) is 30.3 Å². The zero-order chi connectivity index (χ0) is 19.5. The molecule has 0 unspecified atom stereocenters. The van der Waals surface area contributed by atoms with Gasteiger partial charge in [-0.1, -0.05) is 12.1 Å². The molecule has 0 spiro atoms. The maximum Gasteiger partial charge on any atom is 0.405 e. The van der Waals surface area contributed by atoms with Crippen LogP contribution in [0.15, 0.2) is 47.4 Å². The van der Waals surface area contributed by atoms with E-state index in [2.05, 4.69) is 0 Å². The number of amides is 1. The van der Waals surface area contributed by atoms with Crippen molar-refractivity contribution in [1.29, 1.82) is 0 Å². The molecule has 140 valence electrons. The van der Waals surface area contributed by atoms with Gasteiger partial charge in [-0.15, -0.1) is 0 Å². The topological polar surface area (TPSA) is 75.3 Å². The second-order valence-electron chi connectivity index (χ2n) is 5.02. The van der Waals surface area contributed by atoms with E-state index in [1.54, 1.807) is 5.32 Å². The van der Waals surface area contributed by atoms with Crippen molar-refractivity contribution in [2.45, 2.75) is 11.1 Å². The minimum Gasteiger partial charge on any atom is -0.343 e. The number of rotatable bonds is 5. The van der Waals surface area contributed by atoms with Gasteiger partial charge < -0.3 is 5.32 Å². The van der Waals surface area contributed by atoms with E-state index in [1.165, 1.54) is 12.1 Å². The van der Waals surface area contributed by atoms with Crippen molar-refractivity contribution >= 4 is 21.6 Å². The Balaban J connectivity index is 2.29. The van der Waals surface area contributed by atoms with Crippen LogP contribution in [0.25, 0.3) is 0 Å². The number of hydrogen-bond donors (Lipinski definition) is 2. The van der Waals surface area contributed by atoms with Gasteiger partial charge in [0.1, 0.15) is 6.54 Å². The summed E-state index contributed by atoms with van der Waals surface area (Å²) in [5, 5.41) is 1.61. The van der Waals surface area contributed by atoms with Crippen molar-refractivity contribution < 1.29 is 35.2 Å². The first-order valence-electron chi connectivity index (χ1n) is 6.91. The van der Waals surface area contributed by atoms with Gasteiger partial charge in [-0.25, -0.2) is 17.2 Å². The molecule has 0 saturated carbocycles. The molecular formula is C15H11F5N2O3S. The Kier molecular flexibility index (Phi) is 5.50. The number of para-hydroxylation sites is 1. The van der Waals surface area contributed by atoms with Gasteiger partial charge in [-0.3, -0.25) is 9.52 Å². The average Bonchev–Trinajstić information content (AvgIpc) is 2.54. The maximum absolute atomic E-state index is 13.2. The van der Waals surface area contributed by atoms with Crippen molar-refractivity contribution in [3.05, 3.63) is 59.7 Å². The van der Waals surface area contributed by atoms with Crippen molar-refractivity contribution in [2.24, 2.45) is 0 Å². The molecule has 0 aromatic heterocycles. The number of anilines is 1. The summed E-state index contributed by atoms with van der Waals surface area (Å²) in [5.74, 6) is -3.81. The highest BCUT2D eigenvalue weighted by Gasteiger charge is 2.28. The quantitative estimate of drug-likeness (QED) is 0.766. The highest BCUT2D eigenvalue weighted by molar-refractivity contribution is 7.92. The molecule has 2 N–H and O–H groups in total.